The number of fused-ring (bicyclic) bond motifs is 1. The minimum atomic E-state index is -4.54. The van der Waals surface area contributed by atoms with Crippen LogP contribution in [0.3, 0.4) is 0 Å². The Morgan fingerprint density at radius 2 is 2.03 bits per heavy atom. The van der Waals surface area contributed by atoms with Gasteiger partial charge in [0.1, 0.15) is 0 Å². The highest BCUT2D eigenvalue weighted by Crippen LogP contribution is 2.33. The molecule has 0 fully saturated rings. The number of primary amides is 1. The van der Waals surface area contributed by atoms with Crippen LogP contribution in [0.5, 0.6) is 0 Å². The van der Waals surface area contributed by atoms with Crippen molar-refractivity contribution in [1.29, 1.82) is 0 Å². The van der Waals surface area contributed by atoms with Crippen molar-refractivity contribution in [3.05, 3.63) is 63.3 Å². The molecule has 1 aromatic carbocycles. The van der Waals surface area contributed by atoms with Gasteiger partial charge in [-0.1, -0.05) is 43.6 Å². The molecule has 0 aliphatic carbocycles. The monoisotopic (exact) mass is 656 g/mol. The number of carbonyl (C=O) groups excluding carboxylic acids is 2. The number of carbonyl (C=O) groups is 2. The van der Waals surface area contributed by atoms with E-state index in [4.69, 9.17) is 17.3 Å². The molecule has 3 rings (SSSR count). The van der Waals surface area contributed by atoms with E-state index < -0.39 is 17.6 Å². The molecule has 2 aromatic rings. The highest BCUT2D eigenvalue weighted by atomic mass is 127. The van der Waals surface area contributed by atoms with Crippen molar-refractivity contribution >= 4 is 58.5 Å². The van der Waals surface area contributed by atoms with Gasteiger partial charge in [0, 0.05) is 23.7 Å². The third kappa shape index (κ3) is 7.19. The molecule has 1 aliphatic rings. The molecule has 1 aromatic heterocycles. The molecule has 1 atom stereocenters. The number of nitrogens with zero attached hydrogens (tertiary/aromatic N) is 5. The fraction of sp³-hybridized carbons (Fsp3) is 0.364. The quantitative estimate of drug-likeness (QED) is 0.137. The van der Waals surface area contributed by atoms with E-state index in [2.05, 4.69) is 10.1 Å². The summed E-state index contributed by atoms with van der Waals surface area (Å²) in [4.78, 5) is 29.3. The standard InChI is InChI=1S/C20H20ClF3IN6O2P.C2H6/c1-12(21)17(8-27-31(11-32)34-25)29-7-6-16-15(10-29)28-19(18(26)33)30(16)9-13-4-2-3-5-14(13)20(22,23)24;1-2/h2-5,8,11,34H,6-7,9-10H2,1H3,(H2,26,33);1-2H3/b17-12-,27-8-;. The van der Waals surface area contributed by atoms with Gasteiger partial charge in [0.25, 0.3) is 5.91 Å². The lowest BCUT2D eigenvalue weighted by Crippen LogP contribution is -2.32. The fourth-order valence-electron chi connectivity index (χ4n) is 3.69. The average molecular weight is 657 g/mol. The van der Waals surface area contributed by atoms with Crippen molar-refractivity contribution < 1.29 is 22.8 Å². The predicted molar refractivity (Wildman–Crippen MR) is 144 cm³/mol. The highest BCUT2D eigenvalue weighted by Gasteiger charge is 2.34. The summed E-state index contributed by atoms with van der Waals surface area (Å²) in [5, 5.41) is 4.54. The molecule has 0 spiro atoms. The molecule has 0 saturated heterocycles. The summed E-state index contributed by atoms with van der Waals surface area (Å²) < 4.78 is 43.2. The molecule has 1 unspecified atom stereocenters. The number of hydrogen-bond acceptors (Lipinski definition) is 5. The lowest BCUT2D eigenvalue weighted by Gasteiger charge is -2.30. The largest absolute Gasteiger partial charge is 0.416 e. The Morgan fingerprint density at radius 3 is 2.58 bits per heavy atom. The minimum absolute atomic E-state index is 0.0121. The Bertz CT molecular complexity index is 1150. The zero-order chi connectivity index (χ0) is 27.0. The number of rotatable bonds is 8. The lowest BCUT2D eigenvalue weighted by atomic mass is 10.1. The minimum Gasteiger partial charge on any atom is -0.363 e. The molecule has 1 aliphatic heterocycles. The van der Waals surface area contributed by atoms with Crippen LogP contribution >= 0.6 is 40.0 Å². The molecule has 2 N–H and O–H groups in total. The number of allylic oxidation sites excluding steroid dienone is 2. The topological polar surface area (TPSA) is 96.8 Å². The zero-order valence-corrected chi connectivity index (χ0v) is 23.7. The van der Waals surface area contributed by atoms with Crippen LogP contribution in [0.25, 0.3) is 0 Å². The van der Waals surface area contributed by atoms with E-state index in [1.165, 1.54) is 33.8 Å². The van der Waals surface area contributed by atoms with Crippen LogP contribution < -0.4 is 5.73 Å². The van der Waals surface area contributed by atoms with Gasteiger partial charge in [0.05, 0.1) is 42.6 Å². The van der Waals surface area contributed by atoms with Crippen molar-refractivity contribution in [3.8, 4) is 0 Å². The van der Waals surface area contributed by atoms with Crippen molar-refractivity contribution in [2.75, 3.05) is 6.54 Å². The van der Waals surface area contributed by atoms with Gasteiger partial charge in [-0.2, -0.15) is 18.3 Å². The molecule has 0 radical (unpaired) electrons. The van der Waals surface area contributed by atoms with Crippen LogP contribution in [0.1, 0.15) is 53.9 Å². The number of benzene rings is 1. The molecular weight excluding hydrogens is 631 g/mol. The first-order valence-electron chi connectivity index (χ1n) is 10.9. The summed E-state index contributed by atoms with van der Waals surface area (Å²) in [7, 11) is 0. The maximum atomic E-state index is 13.5. The van der Waals surface area contributed by atoms with Gasteiger partial charge < -0.3 is 15.2 Å². The average Bonchev–Trinajstić information content (AvgIpc) is 3.20. The van der Waals surface area contributed by atoms with Gasteiger partial charge in [-0.3, -0.25) is 9.59 Å². The Morgan fingerprint density at radius 1 is 1.36 bits per heavy atom. The second-order valence-electron chi connectivity index (χ2n) is 7.30. The molecule has 36 heavy (non-hydrogen) atoms. The molecule has 2 heterocycles. The van der Waals surface area contributed by atoms with Crippen LogP contribution in [0.2, 0.25) is 0 Å². The molecule has 2 amide bonds. The Kier molecular flexibility index (Phi) is 11.2. The zero-order valence-electron chi connectivity index (χ0n) is 19.8. The second kappa shape index (κ2) is 13.4. The Balaban J connectivity index is 0.00000222. The van der Waals surface area contributed by atoms with Crippen LogP contribution in [0.4, 0.5) is 13.2 Å². The third-order valence-corrected chi connectivity index (χ3v) is 7.24. The molecule has 8 nitrogen and oxygen atoms in total. The lowest BCUT2D eigenvalue weighted by molar-refractivity contribution is -0.138. The van der Waals surface area contributed by atoms with Crippen molar-refractivity contribution in [1.82, 2.24) is 19.2 Å². The molecule has 0 saturated carbocycles. The summed E-state index contributed by atoms with van der Waals surface area (Å²) in [5.41, 5.74) is 6.45. The first-order chi connectivity index (χ1) is 17.1. The highest BCUT2D eigenvalue weighted by molar-refractivity contribution is 14.2. The second-order valence-corrected chi connectivity index (χ2v) is 9.94. The number of nitrogens with two attached hydrogens (primary N) is 1. The van der Waals surface area contributed by atoms with E-state index in [0.29, 0.717) is 41.5 Å². The van der Waals surface area contributed by atoms with E-state index >= 15 is 0 Å². The van der Waals surface area contributed by atoms with Crippen LogP contribution in [0.15, 0.2) is 40.1 Å². The summed E-state index contributed by atoms with van der Waals surface area (Å²) in [6, 6.07) is 5.20. The number of aromatic nitrogens is 2. The molecule has 196 valence electrons. The number of amides is 2. The van der Waals surface area contributed by atoms with Gasteiger partial charge >= 0.3 is 6.18 Å². The predicted octanol–water partition coefficient (Wildman–Crippen LogP) is 5.29. The van der Waals surface area contributed by atoms with Crippen molar-refractivity contribution in [3.63, 3.8) is 0 Å². The maximum absolute atomic E-state index is 13.5. The van der Waals surface area contributed by atoms with E-state index in [-0.39, 0.29) is 30.9 Å². The Labute approximate surface area is 227 Å². The van der Waals surface area contributed by atoms with E-state index in [1.54, 1.807) is 6.92 Å². The van der Waals surface area contributed by atoms with Crippen LogP contribution in [-0.4, -0.2) is 44.3 Å². The first-order valence-corrected chi connectivity index (χ1v) is 15.3. The van der Waals surface area contributed by atoms with Crippen LogP contribution in [-0.2, 0) is 30.5 Å². The van der Waals surface area contributed by atoms with Gasteiger partial charge in [-0.15, -0.1) is 0 Å². The van der Waals surface area contributed by atoms with E-state index in [9.17, 15) is 22.8 Å². The van der Waals surface area contributed by atoms with Gasteiger partial charge in [0.15, 0.2) is 5.82 Å². The summed E-state index contributed by atoms with van der Waals surface area (Å²) in [6.07, 6.45) is -1.98. The molecule has 14 heteroatoms. The number of imidazole rings is 1. The molecular formula is C22H26ClF3IN6O2P. The Hall–Kier alpha value is -2.18. The first kappa shape index (κ1) is 30.0. The van der Waals surface area contributed by atoms with Gasteiger partial charge in [-0.25, -0.2) is 9.76 Å². The van der Waals surface area contributed by atoms with Crippen molar-refractivity contribution in [2.45, 2.75) is 46.5 Å². The smallest absolute Gasteiger partial charge is 0.363 e. The number of hydrogen-bond donors (Lipinski definition) is 1. The summed E-state index contributed by atoms with van der Waals surface area (Å²) in [6.45, 7) is 6.16. The number of alkyl halides is 3. The van der Waals surface area contributed by atoms with E-state index in [0.717, 1.165) is 6.07 Å². The van der Waals surface area contributed by atoms with Crippen molar-refractivity contribution in [2.24, 2.45) is 10.8 Å². The van der Waals surface area contributed by atoms with E-state index in [1.807, 2.05) is 40.8 Å². The number of hydrazone groups is 1. The summed E-state index contributed by atoms with van der Waals surface area (Å²) >= 11 is 8.28. The summed E-state index contributed by atoms with van der Waals surface area (Å²) in [5.74, 6) is -0.940. The SMILES string of the molecule is C/C(Cl)=C(\C=N/N(C=O)PI)N1CCc2c(nc(C(N)=O)n2Cc2ccccc2C(F)(F)F)C1.CC. The maximum Gasteiger partial charge on any atom is 0.416 e. The molecule has 0 bridgehead atoms. The number of halogens is 5. The van der Waals surface area contributed by atoms with Gasteiger partial charge in [0.2, 0.25) is 6.41 Å². The third-order valence-electron chi connectivity index (χ3n) is 5.17. The van der Waals surface area contributed by atoms with Gasteiger partial charge in [-0.05, 0) is 40.6 Å². The fourth-order valence-corrected chi connectivity index (χ4v) is 4.71. The normalized spacial score (nSPS) is 14.4. The van der Waals surface area contributed by atoms with Crippen LogP contribution in [0, 0.1) is 0 Å².